The van der Waals surface area contributed by atoms with Crippen LogP contribution in [0.1, 0.15) is 18.4 Å². The maximum Gasteiger partial charge on any atom is 0.229 e. The minimum Gasteiger partial charge on any atom is -0.337 e. The normalized spacial score (nSPS) is 20.6. The SMILES string of the molecule is N#CCCN(Cc1cccnc1)C(=O)C1C=CC(N)C1. The highest BCUT2D eigenvalue weighted by molar-refractivity contribution is 5.81. The molecule has 104 valence electrons. The second-order valence-electron chi connectivity index (χ2n) is 4.92. The zero-order valence-electron chi connectivity index (χ0n) is 11.3. The summed E-state index contributed by atoms with van der Waals surface area (Å²) >= 11 is 0. The van der Waals surface area contributed by atoms with Crippen LogP contribution in [0.2, 0.25) is 0 Å². The molecule has 2 unspecified atom stereocenters. The van der Waals surface area contributed by atoms with Gasteiger partial charge in [-0.05, 0) is 18.1 Å². The Morgan fingerprint density at radius 3 is 3.00 bits per heavy atom. The van der Waals surface area contributed by atoms with E-state index in [1.165, 1.54) is 0 Å². The summed E-state index contributed by atoms with van der Waals surface area (Å²) in [5.74, 6) is -0.131. The molecule has 0 aromatic carbocycles. The van der Waals surface area contributed by atoms with Gasteiger partial charge in [0.1, 0.15) is 0 Å². The van der Waals surface area contributed by atoms with Crippen molar-refractivity contribution in [2.24, 2.45) is 11.7 Å². The molecule has 1 aliphatic carbocycles. The third kappa shape index (κ3) is 3.65. The molecule has 1 aromatic heterocycles. The first-order valence-electron chi connectivity index (χ1n) is 6.69. The molecule has 1 heterocycles. The third-order valence-electron chi connectivity index (χ3n) is 3.34. The Balaban J connectivity index is 2.05. The molecule has 2 rings (SSSR count). The summed E-state index contributed by atoms with van der Waals surface area (Å²) in [6.45, 7) is 0.914. The zero-order chi connectivity index (χ0) is 14.4. The molecule has 0 saturated carbocycles. The van der Waals surface area contributed by atoms with Gasteiger partial charge >= 0.3 is 0 Å². The lowest BCUT2D eigenvalue weighted by atomic mass is 10.1. The van der Waals surface area contributed by atoms with E-state index in [0.29, 0.717) is 25.9 Å². The van der Waals surface area contributed by atoms with Gasteiger partial charge in [-0.25, -0.2) is 0 Å². The average molecular weight is 270 g/mol. The van der Waals surface area contributed by atoms with Gasteiger partial charge in [0.2, 0.25) is 5.91 Å². The van der Waals surface area contributed by atoms with Gasteiger partial charge in [0.25, 0.3) is 0 Å². The molecule has 20 heavy (non-hydrogen) atoms. The summed E-state index contributed by atoms with van der Waals surface area (Å²) in [5.41, 5.74) is 6.76. The van der Waals surface area contributed by atoms with Gasteiger partial charge in [-0.2, -0.15) is 5.26 Å². The monoisotopic (exact) mass is 270 g/mol. The van der Waals surface area contributed by atoms with E-state index in [4.69, 9.17) is 11.0 Å². The molecule has 0 bridgehead atoms. The number of rotatable bonds is 5. The van der Waals surface area contributed by atoms with Crippen molar-refractivity contribution in [2.45, 2.75) is 25.4 Å². The van der Waals surface area contributed by atoms with Gasteiger partial charge in [0, 0.05) is 31.5 Å². The lowest BCUT2D eigenvalue weighted by molar-refractivity contribution is -0.134. The quantitative estimate of drug-likeness (QED) is 0.816. The van der Waals surface area contributed by atoms with Crippen molar-refractivity contribution >= 4 is 5.91 Å². The topological polar surface area (TPSA) is 83.0 Å². The highest BCUT2D eigenvalue weighted by Crippen LogP contribution is 2.20. The third-order valence-corrected chi connectivity index (χ3v) is 3.34. The number of hydrogen-bond donors (Lipinski definition) is 1. The van der Waals surface area contributed by atoms with Gasteiger partial charge in [0.05, 0.1) is 18.4 Å². The minimum atomic E-state index is -0.166. The van der Waals surface area contributed by atoms with E-state index < -0.39 is 0 Å². The number of aromatic nitrogens is 1. The largest absolute Gasteiger partial charge is 0.337 e. The number of hydrogen-bond acceptors (Lipinski definition) is 4. The Morgan fingerprint density at radius 2 is 2.40 bits per heavy atom. The van der Waals surface area contributed by atoms with E-state index in [-0.39, 0.29) is 17.9 Å². The van der Waals surface area contributed by atoms with Crippen LogP contribution in [-0.2, 0) is 11.3 Å². The van der Waals surface area contributed by atoms with Gasteiger partial charge in [-0.15, -0.1) is 0 Å². The van der Waals surface area contributed by atoms with Crippen LogP contribution >= 0.6 is 0 Å². The molecule has 1 aromatic rings. The van der Waals surface area contributed by atoms with Crippen LogP contribution in [0.3, 0.4) is 0 Å². The Kier molecular flexibility index (Phi) is 4.85. The first kappa shape index (κ1) is 14.2. The number of nitrogens with zero attached hydrogens (tertiary/aromatic N) is 3. The van der Waals surface area contributed by atoms with E-state index in [2.05, 4.69) is 11.1 Å². The summed E-state index contributed by atoms with van der Waals surface area (Å²) in [6.07, 6.45) is 8.15. The maximum absolute atomic E-state index is 12.5. The second kappa shape index (κ2) is 6.83. The lowest BCUT2D eigenvalue weighted by Gasteiger charge is -2.24. The maximum atomic E-state index is 12.5. The summed E-state index contributed by atoms with van der Waals surface area (Å²) in [7, 11) is 0. The number of carbonyl (C=O) groups excluding carboxylic acids is 1. The van der Waals surface area contributed by atoms with Crippen LogP contribution in [0.5, 0.6) is 0 Å². The molecule has 1 aliphatic rings. The van der Waals surface area contributed by atoms with E-state index in [9.17, 15) is 4.79 Å². The number of nitrogens with two attached hydrogens (primary N) is 1. The molecule has 2 N–H and O–H groups in total. The Labute approximate surface area is 118 Å². The van der Waals surface area contributed by atoms with Gasteiger partial charge in [-0.3, -0.25) is 9.78 Å². The van der Waals surface area contributed by atoms with Gasteiger partial charge < -0.3 is 10.6 Å². The molecule has 1 amide bonds. The smallest absolute Gasteiger partial charge is 0.229 e. The number of nitriles is 1. The summed E-state index contributed by atoms with van der Waals surface area (Å²) in [4.78, 5) is 18.3. The fraction of sp³-hybridized carbons (Fsp3) is 0.400. The molecule has 0 saturated heterocycles. The lowest BCUT2D eigenvalue weighted by Crippen LogP contribution is -2.36. The van der Waals surface area contributed by atoms with Crippen LogP contribution < -0.4 is 5.73 Å². The Morgan fingerprint density at radius 1 is 1.55 bits per heavy atom. The fourth-order valence-corrected chi connectivity index (χ4v) is 2.31. The highest BCUT2D eigenvalue weighted by Gasteiger charge is 2.27. The molecule has 0 spiro atoms. The molecule has 0 radical (unpaired) electrons. The predicted octanol–water partition coefficient (Wildman–Crippen LogP) is 1.23. The second-order valence-corrected chi connectivity index (χ2v) is 4.92. The van der Waals surface area contributed by atoms with Crippen molar-refractivity contribution in [2.75, 3.05) is 6.54 Å². The van der Waals surface area contributed by atoms with Crippen molar-refractivity contribution in [3.63, 3.8) is 0 Å². The molecule has 0 aliphatic heterocycles. The number of pyridine rings is 1. The predicted molar refractivity (Wildman–Crippen MR) is 75.1 cm³/mol. The highest BCUT2D eigenvalue weighted by atomic mass is 16.2. The zero-order valence-corrected chi connectivity index (χ0v) is 11.3. The van der Waals surface area contributed by atoms with E-state index >= 15 is 0 Å². The molecule has 0 fully saturated rings. The number of amides is 1. The first-order chi connectivity index (χ1) is 9.70. The molecular formula is C15H18N4O. The Bertz CT molecular complexity index is 520. The van der Waals surface area contributed by atoms with E-state index in [0.717, 1.165) is 5.56 Å². The van der Waals surface area contributed by atoms with Crippen LogP contribution in [0.15, 0.2) is 36.7 Å². The minimum absolute atomic E-state index is 0.0355. The summed E-state index contributed by atoms with van der Waals surface area (Å²) < 4.78 is 0. The van der Waals surface area contributed by atoms with Crippen molar-refractivity contribution in [1.82, 2.24) is 9.88 Å². The van der Waals surface area contributed by atoms with Crippen LogP contribution in [0.4, 0.5) is 0 Å². The van der Waals surface area contributed by atoms with Crippen molar-refractivity contribution in [1.29, 1.82) is 5.26 Å². The van der Waals surface area contributed by atoms with Gasteiger partial charge in [-0.1, -0.05) is 18.2 Å². The molecule has 2 atom stereocenters. The summed E-state index contributed by atoms with van der Waals surface area (Å²) in [5, 5.41) is 8.74. The standard InChI is InChI=1S/C15H18N4O/c16-6-2-8-19(11-12-3-1-7-18-10-12)15(20)13-4-5-14(17)9-13/h1,3-5,7,10,13-14H,2,8-9,11,17H2. The molecule has 5 heteroatoms. The van der Waals surface area contributed by atoms with E-state index in [1.807, 2.05) is 24.3 Å². The summed E-state index contributed by atoms with van der Waals surface area (Å²) in [6, 6.07) is 5.81. The average Bonchev–Trinajstić information content (AvgIpc) is 2.90. The van der Waals surface area contributed by atoms with Crippen LogP contribution in [0.25, 0.3) is 0 Å². The van der Waals surface area contributed by atoms with Crippen molar-refractivity contribution in [3.8, 4) is 6.07 Å². The van der Waals surface area contributed by atoms with E-state index in [1.54, 1.807) is 17.3 Å². The van der Waals surface area contributed by atoms with Crippen LogP contribution in [0, 0.1) is 17.2 Å². The van der Waals surface area contributed by atoms with Gasteiger partial charge in [0.15, 0.2) is 0 Å². The Hall–Kier alpha value is -2.19. The number of carbonyl (C=O) groups is 1. The van der Waals surface area contributed by atoms with Crippen molar-refractivity contribution in [3.05, 3.63) is 42.2 Å². The molecular weight excluding hydrogens is 252 g/mol. The van der Waals surface area contributed by atoms with Crippen molar-refractivity contribution < 1.29 is 4.79 Å². The molecule has 5 nitrogen and oxygen atoms in total. The first-order valence-corrected chi connectivity index (χ1v) is 6.69. The van der Waals surface area contributed by atoms with Crippen LogP contribution in [-0.4, -0.2) is 28.4 Å². The fourth-order valence-electron chi connectivity index (χ4n) is 2.31.